The average Bonchev–Trinajstić information content (AvgIpc) is 2.37. The maximum atomic E-state index is 11.9. The molecule has 4 heteroatoms. The number of nitrogens with zero attached hydrogens (tertiary/aromatic N) is 1. The predicted octanol–water partition coefficient (Wildman–Crippen LogP) is 2.29. The second kappa shape index (κ2) is 7.90. The van der Waals surface area contributed by atoms with Crippen LogP contribution in [0.15, 0.2) is 11.6 Å². The summed E-state index contributed by atoms with van der Waals surface area (Å²) in [6, 6.07) is 0. The summed E-state index contributed by atoms with van der Waals surface area (Å²) in [6.07, 6.45) is 7.50. The van der Waals surface area contributed by atoms with E-state index in [9.17, 15) is 9.59 Å². The first-order valence-corrected chi connectivity index (χ1v) is 6.71. The number of amides is 1. The molecule has 0 N–H and O–H groups in total. The summed E-state index contributed by atoms with van der Waals surface area (Å²) in [7, 11) is 1.74. The smallest absolute Gasteiger partial charge is 0.307 e. The van der Waals surface area contributed by atoms with Gasteiger partial charge in [-0.1, -0.05) is 11.6 Å². The molecule has 0 saturated carbocycles. The topological polar surface area (TPSA) is 46.6 Å². The van der Waals surface area contributed by atoms with E-state index >= 15 is 0 Å². The van der Waals surface area contributed by atoms with Crippen LogP contribution in [0, 0.1) is 0 Å². The van der Waals surface area contributed by atoms with Crippen molar-refractivity contribution in [3.8, 4) is 0 Å². The lowest BCUT2D eigenvalue weighted by molar-refractivity contribution is -0.143. The molecular weight excluding hydrogens is 230 g/mol. The molecule has 0 aromatic rings. The molecule has 18 heavy (non-hydrogen) atoms. The summed E-state index contributed by atoms with van der Waals surface area (Å²) >= 11 is 0. The van der Waals surface area contributed by atoms with E-state index in [0.29, 0.717) is 19.6 Å². The molecule has 0 fully saturated rings. The van der Waals surface area contributed by atoms with Gasteiger partial charge in [0, 0.05) is 20.0 Å². The van der Waals surface area contributed by atoms with Crippen LogP contribution in [0.1, 0.15) is 45.4 Å². The molecule has 0 saturated heterocycles. The van der Waals surface area contributed by atoms with Gasteiger partial charge in [-0.2, -0.15) is 0 Å². The number of allylic oxidation sites excluding steroid dienone is 1. The van der Waals surface area contributed by atoms with Crippen molar-refractivity contribution in [1.29, 1.82) is 0 Å². The fourth-order valence-electron chi connectivity index (χ4n) is 2.01. The van der Waals surface area contributed by atoms with Crippen LogP contribution in [0.25, 0.3) is 0 Å². The molecule has 0 spiro atoms. The van der Waals surface area contributed by atoms with Gasteiger partial charge in [-0.3, -0.25) is 9.59 Å². The minimum atomic E-state index is -0.242. The molecule has 0 atom stereocenters. The van der Waals surface area contributed by atoms with Gasteiger partial charge in [-0.25, -0.2) is 0 Å². The Bertz CT molecular complexity index is 323. The van der Waals surface area contributed by atoms with Gasteiger partial charge in [0.05, 0.1) is 13.0 Å². The number of rotatable bonds is 6. The van der Waals surface area contributed by atoms with E-state index in [1.54, 1.807) is 18.9 Å². The summed E-state index contributed by atoms with van der Waals surface area (Å²) in [6.45, 7) is 2.61. The third-order valence-electron chi connectivity index (χ3n) is 3.15. The zero-order chi connectivity index (χ0) is 13.4. The standard InChI is InChI=1S/C14H23NO3/c1-3-18-14(17)9-10-15(2)13(16)11-12-7-5-4-6-8-12/h7H,3-6,8-11H2,1-2H3. The van der Waals surface area contributed by atoms with Crippen LogP contribution in [-0.2, 0) is 14.3 Å². The van der Waals surface area contributed by atoms with Crippen molar-refractivity contribution in [2.24, 2.45) is 0 Å². The number of ether oxygens (including phenoxy) is 1. The fourth-order valence-corrected chi connectivity index (χ4v) is 2.01. The molecule has 0 aromatic carbocycles. The molecule has 1 aliphatic carbocycles. The number of hydrogen-bond donors (Lipinski definition) is 0. The number of esters is 1. The predicted molar refractivity (Wildman–Crippen MR) is 70.1 cm³/mol. The van der Waals surface area contributed by atoms with Gasteiger partial charge in [-0.05, 0) is 32.6 Å². The highest BCUT2D eigenvalue weighted by Crippen LogP contribution is 2.20. The Kier molecular flexibility index (Phi) is 6.47. The quantitative estimate of drug-likeness (QED) is 0.539. The van der Waals surface area contributed by atoms with Gasteiger partial charge in [0.15, 0.2) is 0 Å². The molecule has 102 valence electrons. The van der Waals surface area contributed by atoms with E-state index in [4.69, 9.17) is 4.74 Å². The van der Waals surface area contributed by atoms with E-state index in [2.05, 4.69) is 6.08 Å². The fraction of sp³-hybridized carbons (Fsp3) is 0.714. The van der Waals surface area contributed by atoms with Crippen LogP contribution in [0.4, 0.5) is 0 Å². The second-order valence-corrected chi connectivity index (χ2v) is 4.66. The van der Waals surface area contributed by atoms with Gasteiger partial charge < -0.3 is 9.64 Å². The highest BCUT2D eigenvalue weighted by molar-refractivity contribution is 5.79. The molecule has 0 radical (unpaired) electrons. The number of carbonyl (C=O) groups excluding carboxylic acids is 2. The average molecular weight is 253 g/mol. The van der Waals surface area contributed by atoms with Crippen molar-refractivity contribution in [2.45, 2.75) is 45.4 Å². The minimum Gasteiger partial charge on any atom is -0.466 e. The largest absolute Gasteiger partial charge is 0.466 e. The minimum absolute atomic E-state index is 0.0902. The van der Waals surface area contributed by atoms with Crippen molar-refractivity contribution >= 4 is 11.9 Å². The Balaban J connectivity index is 2.28. The Morgan fingerprint density at radius 2 is 2.17 bits per heavy atom. The van der Waals surface area contributed by atoms with Crippen LogP contribution in [0.3, 0.4) is 0 Å². The lowest BCUT2D eigenvalue weighted by atomic mass is 9.97. The lowest BCUT2D eigenvalue weighted by Gasteiger charge is -2.19. The van der Waals surface area contributed by atoms with Gasteiger partial charge in [0.25, 0.3) is 0 Å². The van der Waals surface area contributed by atoms with Crippen molar-refractivity contribution in [3.63, 3.8) is 0 Å². The molecule has 1 rings (SSSR count). The first-order chi connectivity index (χ1) is 8.63. The van der Waals surface area contributed by atoms with Crippen LogP contribution in [0.5, 0.6) is 0 Å². The van der Waals surface area contributed by atoms with Gasteiger partial charge in [0.1, 0.15) is 0 Å². The Morgan fingerprint density at radius 1 is 1.39 bits per heavy atom. The normalized spacial score (nSPS) is 14.9. The SMILES string of the molecule is CCOC(=O)CCN(C)C(=O)CC1=CCCCC1. The first-order valence-electron chi connectivity index (χ1n) is 6.71. The molecule has 4 nitrogen and oxygen atoms in total. The summed E-state index contributed by atoms with van der Waals surface area (Å²) in [5.74, 6) is -0.151. The monoisotopic (exact) mass is 253 g/mol. The van der Waals surface area contributed by atoms with E-state index in [0.717, 1.165) is 12.8 Å². The van der Waals surface area contributed by atoms with E-state index < -0.39 is 0 Å². The van der Waals surface area contributed by atoms with E-state index in [-0.39, 0.29) is 18.3 Å². The second-order valence-electron chi connectivity index (χ2n) is 4.66. The third-order valence-corrected chi connectivity index (χ3v) is 3.15. The van der Waals surface area contributed by atoms with Gasteiger partial charge in [-0.15, -0.1) is 0 Å². The molecule has 0 aromatic heterocycles. The van der Waals surface area contributed by atoms with Crippen molar-refractivity contribution in [2.75, 3.05) is 20.2 Å². The third kappa shape index (κ3) is 5.34. The summed E-state index contributed by atoms with van der Waals surface area (Å²) in [4.78, 5) is 24.7. The molecule has 0 bridgehead atoms. The van der Waals surface area contributed by atoms with Crippen molar-refractivity contribution < 1.29 is 14.3 Å². The van der Waals surface area contributed by atoms with Gasteiger partial charge in [0.2, 0.25) is 5.91 Å². The summed E-state index contributed by atoms with van der Waals surface area (Å²) in [5, 5.41) is 0. The molecule has 1 aliphatic rings. The van der Waals surface area contributed by atoms with E-state index in [1.165, 1.54) is 18.4 Å². The zero-order valence-electron chi connectivity index (χ0n) is 11.4. The molecular formula is C14H23NO3. The van der Waals surface area contributed by atoms with Crippen LogP contribution in [-0.4, -0.2) is 37.0 Å². The maximum absolute atomic E-state index is 11.9. The summed E-state index contributed by atoms with van der Waals surface area (Å²) in [5.41, 5.74) is 1.24. The van der Waals surface area contributed by atoms with E-state index in [1.807, 2.05) is 0 Å². The van der Waals surface area contributed by atoms with Gasteiger partial charge >= 0.3 is 5.97 Å². The van der Waals surface area contributed by atoms with Crippen molar-refractivity contribution in [3.05, 3.63) is 11.6 Å². The Labute approximate surface area is 109 Å². The first kappa shape index (κ1) is 14.7. The number of carbonyl (C=O) groups is 2. The lowest BCUT2D eigenvalue weighted by Crippen LogP contribution is -2.29. The Morgan fingerprint density at radius 3 is 2.78 bits per heavy atom. The van der Waals surface area contributed by atoms with Crippen LogP contribution in [0.2, 0.25) is 0 Å². The molecule has 1 amide bonds. The molecule has 0 aliphatic heterocycles. The molecule has 0 unspecified atom stereocenters. The zero-order valence-corrected chi connectivity index (χ0v) is 11.4. The number of hydrogen-bond acceptors (Lipinski definition) is 3. The van der Waals surface area contributed by atoms with Crippen molar-refractivity contribution in [1.82, 2.24) is 4.90 Å². The molecule has 0 heterocycles. The van der Waals surface area contributed by atoms with Crippen LogP contribution < -0.4 is 0 Å². The maximum Gasteiger partial charge on any atom is 0.307 e. The summed E-state index contributed by atoms with van der Waals surface area (Å²) < 4.78 is 4.83. The Hall–Kier alpha value is -1.32. The highest BCUT2D eigenvalue weighted by atomic mass is 16.5. The highest BCUT2D eigenvalue weighted by Gasteiger charge is 2.14. The van der Waals surface area contributed by atoms with Crippen LogP contribution >= 0.6 is 0 Å².